The molecule has 0 unspecified atom stereocenters. The monoisotopic (exact) mass is 428 g/mol. The van der Waals surface area contributed by atoms with Crippen LogP contribution in [0.15, 0.2) is 51.4 Å². The van der Waals surface area contributed by atoms with Gasteiger partial charge >= 0.3 is 0 Å². The summed E-state index contributed by atoms with van der Waals surface area (Å²) >= 11 is 6.65. The Bertz CT molecular complexity index is 722. The van der Waals surface area contributed by atoms with E-state index in [1.807, 2.05) is 0 Å². The maximum atomic E-state index is 11.8. The van der Waals surface area contributed by atoms with Crippen molar-refractivity contribution in [1.29, 1.82) is 0 Å². The van der Waals surface area contributed by atoms with Gasteiger partial charge in [0.25, 0.3) is 11.6 Å². The van der Waals surface area contributed by atoms with Crippen molar-refractivity contribution >= 4 is 49.1 Å². The van der Waals surface area contributed by atoms with Gasteiger partial charge in [0.2, 0.25) is 0 Å². The van der Waals surface area contributed by atoms with Crippen LogP contribution in [-0.4, -0.2) is 17.4 Å². The van der Waals surface area contributed by atoms with Crippen molar-refractivity contribution in [2.75, 3.05) is 11.9 Å². The Morgan fingerprint density at radius 2 is 2.00 bits per heavy atom. The molecular weight excluding hydrogens is 420 g/mol. The van der Waals surface area contributed by atoms with Crippen molar-refractivity contribution in [3.63, 3.8) is 0 Å². The van der Waals surface area contributed by atoms with Crippen LogP contribution in [0.2, 0.25) is 0 Å². The number of ether oxygens (including phenoxy) is 1. The number of non-ortho nitro benzene ring substituents is 1. The van der Waals surface area contributed by atoms with E-state index in [0.717, 1.165) is 4.47 Å². The molecule has 0 bridgehead atoms. The summed E-state index contributed by atoms with van der Waals surface area (Å²) in [6, 6.07) is 11.0. The molecular formula is C14H10Br2N2O4. The smallest absolute Gasteiger partial charge is 0.271 e. The normalized spacial score (nSPS) is 10.1. The lowest BCUT2D eigenvalue weighted by Crippen LogP contribution is -2.20. The van der Waals surface area contributed by atoms with Gasteiger partial charge in [0.1, 0.15) is 5.75 Å². The van der Waals surface area contributed by atoms with Crippen LogP contribution in [0.5, 0.6) is 5.75 Å². The number of nitro benzene ring substituents is 1. The number of hydrogen-bond acceptors (Lipinski definition) is 4. The fourth-order valence-corrected chi connectivity index (χ4v) is 2.79. The second kappa shape index (κ2) is 7.37. The quantitative estimate of drug-likeness (QED) is 0.572. The molecule has 114 valence electrons. The predicted molar refractivity (Wildman–Crippen MR) is 89.1 cm³/mol. The summed E-state index contributed by atoms with van der Waals surface area (Å²) in [5.41, 5.74) is 0.257. The van der Waals surface area contributed by atoms with Crippen molar-refractivity contribution in [3.8, 4) is 5.75 Å². The van der Waals surface area contributed by atoms with Gasteiger partial charge in [-0.25, -0.2) is 0 Å². The minimum Gasteiger partial charge on any atom is -0.483 e. The van der Waals surface area contributed by atoms with E-state index in [0.29, 0.717) is 15.9 Å². The molecule has 0 atom stereocenters. The fourth-order valence-electron chi connectivity index (χ4n) is 1.63. The van der Waals surface area contributed by atoms with Crippen molar-refractivity contribution in [1.82, 2.24) is 0 Å². The summed E-state index contributed by atoms with van der Waals surface area (Å²) in [6.45, 7) is -0.205. The first-order valence-electron chi connectivity index (χ1n) is 6.08. The summed E-state index contributed by atoms with van der Waals surface area (Å²) in [4.78, 5) is 22.0. The summed E-state index contributed by atoms with van der Waals surface area (Å²) in [6.07, 6.45) is 0. The topological polar surface area (TPSA) is 81.5 Å². The highest BCUT2D eigenvalue weighted by molar-refractivity contribution is 9.11. The number of nitro groups is 1. The van der Waals surface area contributed by atoms with Gasteiger partial charge in [-0.15, -0.1) is 0 Å². The Kier molecular flexibility index (Phi) is 5.51. The highest BCUT2D eigenvalue weighted by atomic mass is 79.9. The lowest BCUT2D eigenvalue weighted by Gasteiger charge is -2.09. The van der Waals surface area contributed by atoms with Gasteiger partial charge in [0.15, 0.2) is 6.61 Å². The molecule has 0 fully saturated rings. The van der Waals surface area contributed by atoms with Crippen LogP contribution in [-0.2, 0) is 4.79 Å². The predicted octanol–water partition coefficient (Wildman–Crippen LogP) is 4.14. The summed E-state index contributed by atoms with van der Waals surface area (Å²) in [5, 5.41) is 13.2. The molecule has 1 amide bonds. The lowest BCUT2D eigenvalue weighted by atomic mass is 10.3. The summed E-state index contributed by atoms with van der Waals surface area (Å²) in [5.74, 6) is 0.118. The Morgan fingerprint density at radius 3 is 2.68 bits per heavy atom. The molecule has 1 N–H and O–H groups in total. The zero-order chi connectivity index (χ0) is 16.1. The Hall–Kier alpha value is -1.93. The van der Waals surface area contributed by atoms with Gasteiger partial charge in [0.05, 0.1) is 9.40 Å². The first-order valence-corrected chi connectivity index (χ1v) is 7.66. The number of halogens is 2. The lowest BCUT2D eigenvalue weighted by molar-refractivity contribution is -0.384. The third-order valence-electron chi connectivity index (χ3n) is 2.59. The Labute approximate surface area is 142 Å². The molecule has 0 aliphatic carbocycles. The van der Waals surface area contributed by atoms with Crippen molar-refractivity contribution in [2.45, 2.75) is 0 Å². The van der Waals surface area contributed by atoms with E-state index in [2.05, 4.69) is 37.2 Å². The van der Waals surface area contributed by atoms with Crippen LogP contribution < -0.4 is 10.1 Å². The number of carbonyl (C=O) groups is 1. The molecule has 0 heterocycles. The van der Waals surface area contributed by atoms with Gasteiger partial charge in [0, 0.05) is 22.3 Å². The Balaban J connectivity index is 1.95. The summed E-state index contributed by atoms with van der Waals surface area (Å²) in [7, 11) is 0. The summed E-state index contributed by atoms with van der Waals surface area (Å²) < 4.78 is 6.99. The molecule has 0 radical (unpaired) electrons. The third-order valence-corrected chi connectivity index (χ3v) is 3.71. The number of nitrogens with one attached hydrogen (secondary N) is 1. The van der Waals surface area contributed by atoms with Gasteiger partial charge < -0.3 is 10.1 Å². The maximum absolute atomic E-state index is 11.8. The molecule has 0 saturated heterocycles. The third kappa shape index (κ3) is 4.54. The minimum absolute atomic E-state index is 0.0885. The molecule has 2 aromatic carbocycles. The molecule has 0 aliphatic rings. The van der Waals surface area contributed by atoms with E-state index in [4.69, 9.17) is 4.74 Å². The minimum atomic E-state index is -0.523. The highest BCUT2D eigenvalue weighted by Crippen LogP contribution is 2.28. The molecule has 2 rings (SSSR count). The van der Waals surface area contributed by atoms with Gasteiger partial charge in [-0.3, -0.25) is 14.9 Å². The molecule has 0 spiro atoms. The number of carbonyl (C=O) groups excluding carboxylic acids is 1. The van der Waals surface area contributed by atoms with E-state index in [9.17, 15) is 14.9 Å². The van der Waals surface area contributed by atoms with Crippen LogP contribution in [0.3, 0.4) is 0 Å². The van der Waals surface area contributed by atoms with E-state index in [1.54, 1.807) is 24.3 Å². The van der Waals surface area contributed by atoms with Crippen molar-refractivity contribution < 1.29 is 14.5 Å². The van der Waals surface area contributed by atoms with Crippen LogP contribution in [0.1, 0.15) is 0 Å². The highest BCUT2D eigenvalue weighted by Gasteiger charge is 2.09. The number of nitrogens with zero attached hydrogens (tertiary/aromatic N) is 1. The van der Waals surface area contributed by atoms with Crippen LogP contribution in [0, 0.1) is 10.1 Å². The van der Waals surface area contributed by atoms with E-state index in [1.165, 1.54) is 18.2 Å². The first-order chi connectivity index (χ1) is 10.5. The second-order valence-corrected chi connectivity index (χ2v) is 5.99. The largest absolute Gasteiger partial charge is 0.483 e. The molecule has 2 aromatic rings. The van der Waals surface area contributed by atoms with Crippen molar-refractivity contribution in [2.24, 2.45) is 0 Å². The fraction of sp³-hybridized carbons (Fsp3) is 0.0714. The molecule has 6 nitrogen and oxygen atoms in total. The first kappa shape index (κ1) is 16.4. The SMILES string of the molecule is O=C(COc1ccc(Br)cc1Br)Nc1cccc([N+](=O)[O-])c1. The van der Waals surface area contributed by atoms with Crippen molar-refractivity contribution in [3.05, 3.63) is 61.5 Å². The zero-order valence-corrected chi connectivity index (χ0v) is 14.3. The van der Waals surface area contributed by atoms with Gasteiger partial charge in [-0.05, 0) is 40.2 Å². The van der Waals surface area contributed by atoms with Crippen LogP contribution in [0.25, 0.3) is 0 Å². The molecule has 8 heteroatoms. The molecule has 0 saturated carbocycles. The number of anilines is 1. The van der Waals surface area contributed by atoms with Gasteiger partial charge in [-0.2, -0.15) is 0 Å². The molecule has 0 aliphatic heterocycles. The van der Waals surface area contributed by atoms with E-state index in [-0.39, 0.29) is 12.3 Å². The number of amides is 1. The maximum Gasteiger partial charge on any atom is 0.271 e. The number of hydrogen-bond donors (Lipinski definition) is 1. The van der Waals surface area contributed by atoms with Gasteiger partial charge in [-0.1, -0.05) is 22.0 Å². The van der Waals surface area contributed by atoms with E-state index < -0.39 is 10.8 Å². The van der Waals surface area contributed by atoms with Crippen LogP contribution in [0.4, 0.5) is 11.4 Å². The average molecular weight is 430 g/mol. The zero-order valence-electron chi connectivity index (χ0n) is 11.1. The van der Waals surface area contributed by atoms with Crippen LogP contribution >= 0.6 is 31.9 Å². The molecule has 0 aromatic heterocycles. The number of benzene rings is 2. The van der Waals surface area contributed by atoms with E-state index >= 15 is 0 Å². The Morgan fingerprint density at radius 1 is 1.23 bits per heavy atom. The average Bonchev–Trinajstić information content (AvgIpc) is 2.46. The standard InChI is InChI=1S/C14H10Br2N2O4/c15-9-4-5-13(12(16)6-9)22-8-14(19)17-10-2-1-3-11(7-10)18(20)21/h1-7H,8H2,(H,17,19). The molecule has 22 heavy (non-hydrogen) atoms. The number of rotatable bonds is 5. The second-order valence-electron chi connectivity index (χ2n) is 4.22.